The predicted molar refractivity (Wildman–Crippen MR) is 53.1 cm³/mol. The summed E-state index contributed by atoms with van der Waals surface area (Å²) in [6, 6.07) is 1.75. The molecule has 0 spiro atoms. The number of carbonyl (C=O) groups is 1. The Hall–Kier alpha value is -0.700. The highest BCUT2D eigenvalue weighted by Crippen LogP contribution is 2.27. The lowest BCUT2D eigenvalue weighted by molar-refractivity contribution is 0.0984. The van der Waals surface area contributed by atoms with E-state index in [0.717, 1.165) is 17.7 Å². The van der Waals surface area contributed by atoms with Crippen molar-refractivity contribution in [1.82, 2.24) is 0 Å². The normalized spacial score (nSPS) is 22.9. The Morgan fingerprint density at radius 1 is 1.54 bits per heavy atom. The van der Waals surface area contributed by atoms with E-state index >= 15 is 0 Å². The minimum absolute atomic E-state index is 0.173. The maximum Gasteiger partial charge on any atom is 0.179 e. The van der Waals surface area contributed by atoms with Crippen LogP contribution in [0.25, 0.3) is 0 Å². The van der Waals surface area contributed by atoms with Gasteiger partial charge in [0.15, 0.2) is 5.78 Å². The average Bonchev–Trinajstić information content (AvgIpc) is 2.71. The number of rotatable bonds is 2. The third kappa shape index (κ3) is 1.97. The van der Waals surface area contributed by atoms with Gasteiger partial charge in [-0.25, -0.2) is 0 Å². The molecule has 1 aromatic rings. The molecule has 1 aliphatic heterocycles. The lowest BCUT2D eigenvalue weighted by atomic mass is 10.1. The highest BCUT2D eigenvalue weighted by atomic mass is 32.2. The Kier molecular flexibility index (Phi) is 2.74. The summed E-state index contributed by atoms with van der Waals surface area (Å²) in [6.07, 6.45) is 6.55. The van der Waals surface area contributed by atoms with Crippen LogP contribution in [0.4, 0.5) is 0 Å². The number of furan rings is 1. The summed E-state index contributed by atoms with van der Waals surface area (Å²) in [5.74, 6) is 1.35. The topological polar surface area (TPSA) is 30.2 Å². The molecule has 2 rings (SSSR count). The van der Waals surface area contributed by atoms with Crippen LogP contribution < -0.4 is 0 Å². The molecular formula is C10H12O2S. The average molecular weight is 196 g/mol. The minimum Gasteiger partial charge on any atom is -0.472 e. The number of carbonyl (C=O) groups excluding carboxylic acids is 1. The number of hydrogen-bond donors (Lipinski definition) is 0. The first-order valence-electron chi connectivity index (χ1n) is 4.56. The van der Waals surface area contributed by atoms with Crippen molar-refractivity contribution < 1.29 is 9.21 Å². The third-order valence-electron chi connectivity index (χ3n) is 2.28. The zero-order chi connectivity index (χ0) is 9.10. The van der Waals surface area contributed by atoms with Gasteiger partial charge in [-0.05, 0) is 24.7 Å². The quantitative estimate of drug-likeness (QED) is 0.681. The first-order chi connectivity index (χ1) is 6.38. The molecule has 1 saturated heterocycles. The molecule has 0 radical (unpaired) electrons. The van der Waals surface area contributed by atoms with E-state index in [9.17, 15) is 4.79 Å². The van der Waals surface area contributed by atoms with Crippen LogP contribution in [0.5, 0.6) is 0 Å². The van der Waals surface area contributed by atoms with Crippen LogP contribution in [0.2, 0.25) is 0 Å². The SMILES string of the molecule is O=C(c1ccoc1)C1CCCCS1. The summed E-state index contributed by atoms with van der Waals surface area (Å²) in [5, 5.41) is 0.173. The van der Waals surface area contributed by atoms with Gasteiger partial charge >= 0.3 is 0 Å². The first kappa shape index (κ1) is 8.88. The number of Topliss-reactive ketones (excluding diaryl/α,β-unsaturated/α-hetero) is 1. The molecule has 2 nitrogen and oxygen atoms in total. The Morgan fingerprint density at radius 2 is 2.46 bits per heavy atom. The van der Waals surface area contributed by atoms with Gasteiger partial charge in [0, 0.05) is 0 Å². The van der Waals surface area contributed by atoms with Crippen LogP contribution in [-0.2, 0) is 0 Å². The van der Waals surface area contributed by atoms with Gasteiger partial charge in [0.2, 0.25) is 0 Å². The van der Waals surface area contributed by atoms with Crippen LogP contribution in [0.1, 0.15) is 29.6 Å². The van der Waals surface area contributed by atoms with Gasteiger partial charge in [-0.3, -0.25) is 4.79 Å². The van der Waals surface area contributed by atoms with Gasteiger partial charge in [0.25, 0.3) is 0 Å². The molecule has 1 fully saturated rings. The molecule has 0 aliphatic carbocycles. The standard InChI is InChI=1S/C10H12O2S/c11-10(8-4-5-12-7-8)9-3-1-2-6-13-9/h4-5,7,9H,1-3,6H2. The zero-order valence-electron chi connectivity index (χ0n) is 7.36. The molecule has 2 heterocycles. The summed E-state index contributed by atoms with van der Waals surface area (Å²) in [7, 11) is 0. The third-order valence-corrected chi connectivity index (χ3v) is 3.65. The van der Waals surface area contributed by atoms with Crippen molar-refractivity contribution in [3.63, 3.8) is 0 Å². The van der Waals surface area contributed by atoms with E-state index in [-0.39, 0.29) is 11.0 Å². The lowest BCUT2D eigenvalue weighted by Gasteiger charge is -2.18. The minimum atomic E-state index is 0.173. The van der Waals surface area contributed by atoms with Gasteiger partial charge in [-0.15, -0.1) is 0 Å². The second-order valence-electron chi connectivity index (χ2n) is 3.23. The number of thioether (sulfide) groups is 1. The van der Waals surface area contributed by atoms with Crippen molar-refractivity contribution in [1.29, 1.82) is 0 Å². The van der Waals surface area contributed by atoms with Crippen LogP contribution in [0, 0.1) is 0 Å². The molecule has 0 saturated carbocycles. The van der Waals surface area contributed by atoms with Crippen LogP contribution >= 0.6 is 11.8 Å². The Bertz CT molecular complexity index is 273. The molecule has 0 bridgehead atoms. The molecule has 70 valence electrons. The molecule has 0 amide bonds. The van der Waals surface area contributed by atoms with Gasteiger partial charge < -0.3 is 4.42 Å². The molecule has 1 atom stereocenters. The molecule has 0 N–H and O–H groups in total. The number of hydrogen-bond acceptors (Lipinski definition) is 3. The summed E-state index contributed by atoms with van der Waals surface area (Å²) in [6.45, 7) is 0. The molecule has 1 aromatic heterocycles. The van der Waals surface area contributed by atoms with Crippen molar-refractivity contribution in [3.05, 3.63) is 24.2 Å². The van der Waals surface area contributed by atoms with Crippen molar-refractivity contribution in [2.75, 3.05) is 5.75 Å². The van der Waals surface area contributed by atoms with E-state index in [2.05, 4.69) is 0 Å². The second kappa shape index (κ2) is 4.01. The maximum atomic E-state index is 11.8. The summed E-state index contributed by atoms with van der Waals surface area (Å²) in [4.78, 5) is 11.8. The van der Waals surface area contributed by atoms with Gasteiger partial charge in [0.1, 0.15) is 6.26 Å². The maximum absolute atomic E-state index is 11.8. The van der Waals surface area contributed by atoms with Gasteiger partial charge in [-0.2, -0.15) is 11.8 Å². The van der Waals surface area contributed by atoms with Crippen LogP contribution in [-0.4, -0.2) is 16.8 Å². The van der Waals surface area contributed by atoms with Crippen molar-refractivity contribution in [2.45, 2.75) is 24.5 Å². The molecule has 1 aliphatic rings. The summed E-state index contributed by atoms with van der Waals surface area (Å²) < 4.78 is 4.90. The highest BCUT2D eigenvalue weighted by molar-refractivity contribution is 8.00. The Labute approximate surface area is 81.7 Å². The van der Waals surface area contributed by atoms with Gasteiger partial charge in [0.05, 0.1) is 17.1 Å². The lowest BCUT2D eigenvalue weighted by Crippen LogP contribution is -2.20. The zero-order valence-corrected chi connectivity index (χ0v) is 8.18. The fourth-order valence-corrected chi connectivity index (χ4v) is 2.81. The van der Waals surface area contributed by atoms with Crippen molar-refractivity contribution in [2.24, 2.45) is 0 Å². The van der Waals surface area contributed by atoms with Crippen molar-refractivity contribution >= 4 is 17.5 Å². The largest absolute Gasteiger partial charge is 0.472 e. The molecule has 3 heteroatoms. The first-order valence-corrected chi connectivity index (χ1v) is 5.61. The van der Waals surface area contributed by atoms with E-state index in [4.69, 9.17) is 4.42 Å². The summed E-state index contributed by atoms with van der Waals surface area (Å²) in [5.41, 5.74) is 0.722. The van der Waals surface area contributed by atoms with E-state index in [1.807, 2.05) is 0 Å². The van der Waals surface area contributed by atoms with E-state index in [0.29, 0.717) is 0 Å². The number of ketones is 1. The van der Waals surface area contributed by atoms with Crippen LogP contribution in [0.3, 0.4) is 0 Å². The fourth-order valence-electron chi connectivity index (χ4n) is 1.54. The highest BCUT2D eigenvalue weighted by Gasteiger charge is 2.23. The van der Waals surface area contributed by atoms with Crippen LogP contribution in [0.15, 0.2) is 23.0 Å². The Balaban J connectivity index is 2.04. The molecular weight excluding hydrogens is 184 g/mol. The second-order valence-corrected chi connectivity index (χ2v) is 4.54. The molecule has 13 heavy (non-hydrogen) atoms. The van der Waals surface area contributed by atoms with E-state index < -0.39 is 0 Å². The smallest absolute Gasteiger partial charge is 0.179 e. The fraction of sp³-hybridized carbons (Fsp3) is 0.500. The molecule has 1 unspecified atom stereocenters. The monoisotopic (exact) mass is 196 g/mol. The van der Waals surface area contributed by atoms with E-state index in [1.165, 1.54) is 19.1 Å². The van der Waals surface area contributed by atoms with Gasteiger partial charge in [-0.1, -0.05) is 6.42 Å². The predicted octanol–water partition coefficient (Wildman–Crippen LogP) is 2.75. The Morgan fingerprint density at radius 3 is 3.08 bits per heavy atom. The molecule has 0 aromatic carbocycles. The van der Waals surface area contributed by atoms with Crippen molar-refractivity contribution in [3.8, 4) is 0 Å². The summed E-state index contributed by atoms with van der Waals surface area (Å²) >= 11 is 1.78. The van der Waals surface area contributed by atoms with E-state index in [1.54, 1.807) is 24.1 Å².